The number of aliphatic hydroxyl groups is 1. The Morgan fingerprint density at radius 3 is 2.67 bits per heavy atom. The third kappa shape index (κ3) is 8.92. The summed E-state index contributed by atoms with van der Waals surface area (Å²) in [6.07, 6.45) is 2.30. The van der Waals surface area contributed by atoms with Crippen molar-refractivity contribution < 1.29 is 19.8 Å². The van der Waals surface area contributed by atoms with Crippen LogP contribution in [0.2, 0.25) is 0 Å². The van der Waals surface area contributed by atoms with Crippen molar-refractivity contribution >= 4 is 11.9 Å². The summed E-state index contributed by atoms with van der Waals surface area (Å²) in [7, 11) is 0. The number of aliphatic carboxylic acids is 1. The molecule has 0 fully saturated rings. The van der Waals surface area contributed by atoms with Crippen LogP contribution in [0.5, 0.6) is 0 Å². The van der Waals surface area contributed by atoms with E-state index < -0.39 is 12.1 Å². The van der Waals surface area contributed by atoms with E-state index >= 15 is 0 Å². The molecule has 5 N–H and O–H groups in total. The molecule has 0 aromatic carbocycles. The molecule has 6 nitrogen and oxygen atoms in total. The predicted molar refractivity (Wildman–Crippen MR) is 54.1 cm³/mol. The lowest BCUT2D eigenvalue weighted by Crippen LogP contribution is -2.24. The SMILES string of the molecule is NC[C@@H](O)C/C=C/C(=O)NCCC(=O)O. The normalized spacial score (nSPS) is 12.7. The van der Waals surface area contributed by atoms with Gasteiger partial charge in [-0.25, -0.2) is 0 Å². The standard InChI is InChI=1S/C9H16N2O4/c10-6-7(12)2-1-3-8(13)11-5-4-9(14)15/h1,3,7,12H,2,4-6,10H2,(H,11,13)(H,14,15)/b3-1+/t7-/m0/s1. The van der Waals surface area contributed by atoms with Crippen LogP contribution in [0.25, 0.3) is 0 Å². The summed E-state index contributed by atoms with van der Waals surface area (Å²) in [5.41, 5.74) is 5.15. The average molecular weight is 216 g/mol. The molecule has 1 amide bonds. The monoisotopic (exact) mass is 216 g/mol. The van der Waals surface area contributed by atoms with E-state index in [1.54, 1.807) is 0 Å². The summed E-state index contributed by atoms with van der Waals surface area (Å²) < 4.78 is 0. The van der Waals surface area contributed by atoms with Crippen molar-refractivity contribution in [3.05, 3.63) is 12.2 Å². The summed E-state index contributed by atoms with van der Waals surface area (Å²) >= 11 is 0. The largest absolute Gasteiger partial charge is 0.481 e. The minimum atomic E-state index is -0.960. The van der Waals surface area contributed by atoms with Gasteiger partial charge < -0.3 is 21.3 Å². The Morgan fingerprint density at radius 2 is 2.13 bits per heavy atom. The van der Waals surface area contributed by atoms with Crippen LogP contribution < -0.4 is 11.1 Å². The number of carbonyl (C=O) groups excluding carboxylic acids is 1. The molecule has 0 aliphatic rings. The molecule has 86 valence electrons. The molecule has 0 aromatic rings. The van der Waals surface area contributed by atoms with Crippen LogP contribution in [-0.4, -0.2) is 41.3 Å². The van der Waals surface area contributed by atoms with Crippen LogP contribution in [-0.2, 0) is 9.59 Å². The molecule has 0 aliphatic carbocycles. The number of carbonyl (C=O) groups is 2. The first kappa shape index (κ1) is 13.6. The van der Waals surface area contributed by atoms with E-state index in [4.69, 9.17) is 15.9 Å². The molecular weight excluding hydrogens is 200 g/mol. The minimum absolute atomic E-state index is 0.0952. The van der Waals surface area contributed by atoms with E-state index in [0.717, 1.165) is 0 Å². The van der Waals surface area contributed by atoms with Gasteiger partial charge in [-0.15, -0.1) is 0 Å². The third-order valence-corrected chi connectivity index (χ3v) is 1.59. The van der Waals surface area contributed by atoms with Gasteiger partial charge in [0.25, 0.3) is 0 Å². The van der Waals surface area contributed by atoms with Crippen molar-refractivity contribution in [2.75, 3.05) is 13.1 Å². The Hall–Kier alpha value is -1.40. The van der Waals surface area contributed by atoms with E-state index in [2.05, 4.69) is 5.32 Å². The van der Waals surface area contributed by atoms with E-state index in [1.165, 1.54) is 12.2 Å². The van der Waals surface area contributed by atoms with Crippen LogP contribution in [0.15, 0.2) is 12.2 Å². The first-order valence-electron chi connectivity index (χ1n) is 4.60. The van der Waals surface area contributed by atoms with Crippen molar-refractivity contribution in [2.45, 2.75) is 18.9 Å². The molecule has 0 bridgehead atoms. The summed E-state index contributed by atoms with van der Waals surface area (Å²) in [4.78, 5) is 21.1. The zero-order chi connectivity index (χ0) is 11.7. The molecule has 0 aromatic heterocycles. The van der Waals surface area contributed by atoms with Gasteiger partial charge in [0.1, 0.15) is 0 Å². The molecule has 0 radical (unpaired) electrons. The number of carboxylic acid groups (broad SMARTS) is 1. The lowest BCUT2D eigenvalue weighted by molar-refractivity contribution is -0.136. The second-order valence-corrected chi connectivity index (χ2v) is 2.96. The number of rotatable bonds is 7. The highest BCUT2D eigenvalue weighted by molar-refractivity contribution is 5.87. The quantitative estimate of drug-likeness (QED) is 0.401. The van der Waals surface area contributed by atoms with Gasteiger partial charge in [-0.3, -0.25) is 9.59 Å². The van der Waals surface area contributed by atoms with Gasteiger partial charge in [-0.1, -0.05) is 6.08 Å². The Morgan fingerprint density at radius 1 is 1.47 bits per heavy atom. The van der Waals surface area contributed by atoms with Crippen molar-refractivity contribution in [3.8, 4) is 0 Å². The highest BCUT2D eigenvalue weighted by Crippen LogP contribution is 1.90. The number of nitrogens with two attached hydrogens (primary N) is 1. The number of amides is 1. The topological polar surface area (TPSA) is 113 Å². The first-order valence-corrected chi connectivity index (χ1v) is 4.60. The third-order valence-electron chi connectivity index (χ3n) is 1.59. The molecule has 0 rings (SSSR count). The van der Waals surface area contributed by atoms with Gasteiger partial charge in [0.15, 0.2) is 0 Å². The second kappa shape index (κ2) is 7.95. The average Bonchev–Trinajstić information content (AvgIpc) is 2.17. The molecular formula is C9H16N2O4. The highest BCUT2D eigenvalue weighted by Gasteiger charge is 2.00. The number of hydrogen-bond donors (Lipinski definition) is 4. The molecule has 0 unspecified atom stereocenters. The molecule has 0 spiro atoms. The summed E-state index contributed by atoms with van der Waals surface area (Å²) in [5, 5.41) is 19.7. The van der Waals surface area contributed by atoms with Crippen molar-refractivity contribution in [2.24, 2.45) is 5.73 Å². The fraction of sp³-hybridized carbons (Fsp3) is 0.556. The van der Waals surface area contributed by atoms with E-state index in [9.17, 15) is 9.59 Å². The van der Waals surface area contributed by atoms with Crippen LogP contribution >= 0.6 is 0 Å². The van der Waals surface area contributed by atoms with Gasteiger partial charge >= 0.3 is 5.97 Å². The molecule has 0 saturated heterocycles. The van der Waals surface area contributed by atoms with Crippen molar-refractivity contribution in [3.63, 3.8) is 0 Å². The van der Waals surface area contributed by atoms with Gasteiger partial charge in [0.05, 0.1) is 12.5 Å². The molecule has 1 atom stereocenters. The fourth-order valence-corrected chi connectivity index (χ4v) is 0.780. The Balaban J connectivity index is 3.60. The number of nitrogens with one attached hydrogen (secondary N) is 1. The van der Waals surface area contributed by atoms with Crippen molar-refractivity contribution in [1.82, 2.24) is 5.32 Å². The van der Waals surface area contributed by atoms with Crippen LogP contribution in [0.4, 0.5) is 0 Å². The molecule has 0 saturated carbocycles. The lowest BCUT2D eigenvalue weighted by atomic mass is 10.2. The maximum absolute atomic E-state index is 11.0. The van der Waals surface area contributed by atoms with Gasteiger partial charge in [-0.2, -0.15) is 0 Å². The van der Waals surface area contributed by atoms with E-state index in [0.29, 0.717) is 6.42 Å². The van der Waals surface area contributed by atoms with Gasteiger partial charge in [0, 0.05) is 13.1 Å². The van der Waals surface area contributed by atoms with E-state index in [-0.39, 0.29) is 25.4 Å². The maximum atomic E-state index is 11.0. The molecule has 0 heterocycles. The fourth-order valence-electron chi connectivity index (χ4n) is 0.780. The van der Waals surface area contributed by atoms with Gasteiger partial charge in [-0.05, 0) is 12.5 Å². The Bertz CT molecular complexity index is 240. The molecule has 15 heavy (non-hydrogen) atoms. The minimum Gasteiger partial charge on any atom is -0.481 e. The summed E-state index contributed by atoms with van der Waals surface area (Å²) in [6.45, 7) is 0.239. The van der Waals surface area contributed by atoms with Crippen LogP contribution in [0.1, 0.15) is 12.8 Å². The van der Waals surface area contributed by atoms with Crippen molar-refractivity contribution in [1.29, 1.82) is 0 Å². The number of carboxylic acids is 1. The second-order valence-electron chi connectivity index (χ2n) is 2.96. The number of aliphatic hydroxyl groups excluding tert-OH is 1. The maximum Gasteiger partial charge on any atom is 0.305 e. The molecule has 0 aliphatic heterocycles. The molecule has 6 heteroatoms. The van der Waals surface area contributed by atoms with Crippen LogP contribution in [0, 0.1) is 0 Å². The first-order chi connectivity index (χ1) is 7.06. The zero-order valence-corrected chi connectivity index (χ0v) is 8.35. The smallest absolute Gasteiger partial charge is 0.305 e. The van der Waals surface area contributed by atoms with Gasteiger partial charge in [0.2, 0.25) is 5.91 Å². The predicted octanol–water partition coefficient (Wildman–Crippen LogP) is -1.16. The van der Waals surface area contributed by atoms with Crippen LogP contribution in [0.3, 0.4) is 0 Å². The summed E-state index contributed by atoms with van der Waals surface area (Å²) in [5.74, 6) is -1.33. The zero-order valence-electron chi connectivity index (χ0n) is 8.35. The Labute approximate surface area is 87.8 Å². The lowest BCUT2D eigenvalue weighted by Gasteiger charge is -2.02. The Kier molecular flexibility index (Phi) is 7.21. The highest BCUT2D eigenvalue weighted by atomic mass is 16.4. The van der Waals surface area contributed by atoms with E-state index in [1.807, 2.05) is 0 Å². The summed E-state index contributed by atoms with van der Waals surface area (Å²) in [6, 6.07) is 0. The number of hydrogen-bond acceptors (Lipinski definition) is 4.